The van der Waals surface area contributed by atoms with E-state index >= 15 is 0 Å². The highest BCUT2D eigenvalue weighted by Gasteiger charge is 2.22. The molecule has 0 fully saturated rings. The van der Waals surface area contributed by atoms with Crippen LogP contribution in [-0.4, -0.2) is 40.6 Å². The SMILES string of the molecule is CC(C)(C)CCS(=O)(=O)CCS(=O)(=O)NCC(C)(C)C. The van der Waals surface area contributed by atoms with Gasteiger partial charge in [0, 0.05) is 6.54 Å². The second-order valence-electron chi connectivity index (χ2n) is 7.66. The quantitative estimate of drug-likeness (QED) is 0.773. The fraction of sp³-hybridized carbons (Fsp3) is 1.00. The number of sulfone groups is 1. The molecule has 0 aromatic rings. The maximum atomic E-state index is 11.8. The number of rotatable bonds is 7. The Bertz CT molecular complexity index is 445. The van der Waals surface area contributed by atoms with Gasteiger partial charge in [-0.15, -0.1) is 0 Å². The van der Waals surface area contributed by atoms with Crippen molar-refractivity contribution in [3.8, 4) is 0 Å². The molecule has 0 aromatic carbocycles. The maximum Gasteiger partial charge on any atom is 0.212 e. The molecule has 0 aliphatic rings. The molecule has 0 amide bonds. The molecule has 0 radical (unpaired) electrons. The van der Waals surface area contributed by atoms with Gasteiger partial charge in [0.15, 0.2) is 9.84 Å². The van der Waals surface area contributed by atoms with Gasteiger partial charge in [-0.25, -0.2) is 21.6 Å². The van der Waals surface area contributed by atoms with Crippen LogP contribution in [0.3, 0.4) is 0 Å². The van der Waals surface area contributed by atoms with E-state index in [0.717, 1.165) is 0 Å². The van der Waals surface area contributed by atoms with Crippen LogP contribution in [0.1, 0.15) is 48.0 Å². The molecule has 7 heteroatoms. The van der Waals surface area contributed by atoms with Crippen LogP contribution in [-0.2, 0) is 19.9 Å². The molecular formula is C13H29NO4S2. The van der Waals surface area contributed by atoms with Crippen molar-refractivity contribution in [1.82, 2.24) is 4.72 Å². The Balaban J connectivity index is 4.39. The lowest BCUT2D eigenvalue weighted by Gasteiger charge is -2.19. The van der Waals surface area contributed by atoms with Gasteiger partial charge in [-0.3, -0.25) is 0 Å². The van der Waals surface area contributed by atoms with Crippen molar-refractivity contribution < 1.29 is 16.8 Å². The lowest BCUT2D eigenvalue weighted by molar-refractivity contribution is 0.397. The molecular weight excluding hydrogens is 298 g/mol. The van der Waals surface area contributed by atoms with E-state index in [4.69, 9.17) is 0 Å². The highest BCUT2D eigenvalue weighted by Crippen LogP contribution is 2.19. The first-order chi connectivity index (χ1) is 8.62. The monoisotopic (exact) mass is 327 g/mol. The molecule has 20 heavy (non-hydrogen) atoms. The van der Waals surface area contributed by atoms with Crippen molar-refractivity contribution in [2.24, 2.45) is 10.8 Å². The lowest BCUT2D eigenvalue weighted by Crippen LogP contribution is -2.36. The molecule has 0 saturated carbocycles. The van der Waals surface area contributed by atoms with E-state index in [1.165, 1.54) is 0 Å². The Morgan fingerprint density at radius 1 is 0.750 bits per heavy atom. The van der Waals surface area contributed by atoms with E-state index in [0.29, 0.717) is 13.0 Å². The molecule has 0 saturated heterocycles. The van der Waals surface area contributed by atoms with Gasteiger partial charge < -0.3 is 0 Å². The summed E-state index contributed by atoms with van der Waals surface area (Å²) in [4.78, 5) is 0. The minimum Gasteiger partial charge on any atom is -0.229 e. The number of nitrogens with one attached hydrogen (secondary N) is 1. The van der Waals surface area contributed by atoms with Crippen LogP contribution in [0.15, 0.2) is 0 Å². The molecule has 0 rings (SSSR count). The number of sulfonamides is 1. The summed E-state index contributed by atoms with van der Waals surface area (Å²) in [5, 5.41) is 0. The Hall–Kier alpha value is -0.140. The van der Waals surface area contributed by atoms with Crippen molar-refractivity contribution in [1.29, 1.82) is 0 Å². The fourth-order valence-corrected chi connectivity index (χ4v) is 5.02. The third-order valence-electron chi connectivity index (χ3n) is 2.65. The highest BCUT2D eigenvalue weighted by molar-refractivity contribution is 7.94. The van der Waals surface area contributed by atoms with Gasteiger partial charge in [-0.05, 0) is 17.3 Å². The highest BCUT2D eigenvalue weighted by atomic mass is 32.2. The van der Waals surface area contributed by atoms with E-state index in [-0.39, 0.29) is 28.1 Å². The average Bonchev–Trinajstić information content (AvgIpc) is 2.20. The minimum atomic E-state index is -3.53. The molecule has 0 aliphatic heterocycles. The third kappa shape index (κ3) is 11.7. The van der Waals surface area contributed by atoms with E-state index in [1.807, 2.05) is 41.5 Å². The predicted octanol–water partition coefficient (Wildman–Crippen LogP) is 1.80. The Morgan fingerprint density at radius 2 is 1.25 bits per heavy atom. The zero-order valence-electron chi connectivity index (χ0n) is 13.5. The molecule has 0 bridgehead atoms. The number of hydrogen-bond acceptors (Lipinski definition) is 4. The molecule has 122 valence electrons. The van der Waals surface area contributed by atoms with Crippen molar-refractivity contribution >= 4 is 19.9 Å². The molecule has 1 N–H and O–H groups in total. The number of hydrogen-bond donors (Lipinski definition) is 1. The van der Waals surface area contributed by atoms with Gasteiger partial charge in [0.1, 0.15) is 0 Å². The molecule has 0 unspecified atom stereocenters. The Kier molecular flexibility index (Phi) is 6.70. The normalized spacial score (nSPS) is 14.5. The molecule has 0 aliphatic carbocycles. The van der Waals surface area contributed by atoms with Crippen molar-refractivity contribution in [2.75, 3.05) is 23.8 Å². The largest absolute Gasteiger partial charge is 0.229 e. The smallest absolute Gasteiger partial charge is 0.212 e. The Labute approximate surface area is 124 Å². The van der Waals surface area contributed by atoms with Crippen LogP contribution in [0, 0.1) is 10.8 Å². The summed E-state index contributed by atoms with van der Waals surface area (Å²) in [7, 11) is -6.85. The van der Waals surface area contributed by atoms with Gasteiger partial charge in [0.05, 0.1) is 17.3 Å². The van der Waals surface area contributed by atoms with Crippen LogP contribution in [0.5, 0.6) is 0 Å². The summed E-state index contributed by atoms with van der Waals surface area (Å²) in [5.41, 5.74) is -0.241. The van der Waals surface area contributed by atoms with Crippen LogP contribution in [0.4, 0.5) is 0 Å². The average molecular weight is 328 g/mol. The summed E-state index contributed by atoms with van der Waals surface area (Å²) >= 11 is 0. The second kappa shape index (κ2) is 6.75. The van der Waals surface area contributed by atoms with Crippen LogP contribution in [0.25, 0.3) is 0 Å². The third-order valence-corrected chi connectivity index (χ3v) is 5.88. The summed E-state index contributed by atoms with van der Waals surface area (Å²) in [6.07, 6.45) is 0.533. The summed E-state index contributed by atoms with van der Waals surface area (Å²) in [6.45, 7) is 11.9. The molecule has 0 atom stereocenters. The molecule has 5 nitrogen and oxygen atoms in total. The fourth-order valence-electron chi connectivity index (χ4n) is 1.20. The molecule has 0 spiro atoms. The second-order valence-corrected chi connectivity index (χ2v) is 11.9. The van der Waals surface area contributed by atoms with Crippen LogP contribution in [0.2, 0.25) is 0 Å². The zero-order chi connectivity index (χ0) is 16.2. The maximum absolute atomic E-state index is 11.8. The molecule has 0 aromatic heterocycles. The standard InChI is InChI=1S/C13H29NO4S2/c1-12(2,3)7-8-19(15,16)9-10-20(17,18)14-11-13(4,5)6/h14H,7-11H2,1-6H3. The Morgan fingerprint density at radius 3 is 1.65 bits per heavy atom. The summed E-state index contributed by atoms with van der Waals surface area (Å²) < 4.78 is 49.6. The van der Waals surface area contributed by atoms with Gasteiger partial charge in [0.2, 0.25) is 10.0 Å². The van der Waals surface area contributed by atoms with Crippen molar-refractivity contribution in [2.45, 2.75) is 48.0 Å². The molecule has 0 heterocycles. The summed E-state index contributed by atoms with van der Waals surface area (Å²) in [5.74, 6) is -0.649. The van der Waals surface area contributed by atoms with Crippen molar-refractivity contribution in [3.05, 3.63) is 0 Å². The predicted molar refractivity (Wildman–Crippen MR) is 84.0 cm³/mol. The first-order valence-corrected chi connectivity index (χ1v) is 10.3. The van der Waals surface area contributed by atoms with E-state index in [9.17, 15) is 16.8 Å². The minimum absolute atomic E-state index is 0.0330. The summed E-state index contributed by atoms with van der Waals surface area (Å²) in [6, 6.07) is 0. The first-order valence-electron chi connectivity index (χ1n) is 6.80. The van der Waals surface area contributed by atoms with Gasteiger partial charge in [-0.2, -0.15) is 0 Å². The van der Waals surface area contributed by atoms with Gasteiger partial charge >= 0.3 is 0 Å². The van der Waals surface area contributed by atoms with Crippen LogP contribution >= 0.6 is 0 Å². The van der Waals surface area contributed by atoms with E-state index < -0.39 is 19.9 Å². The first kappa shape index (κ1) is 19.9. The zero-order valence-corrected chi connectivity index (χ0v) is 15.1. The lowest BCUT2D eigenvalue weighted by atomic mass is 9.94. The van der Waals surface area contributed by atoms with Gasteiger partial charge in [0.25, 0.3) is 0 Å². The van der Waals surface area contributed by atoms with Gasteiger partial charge in [-0.1, -0.05) is 41.5 Å². The topological polar surface area (TPSA) is 80.3 Å². The van der Waals surface area contributed by atoms with Crippen molar-refractivity contribution in [3.63, 3.8) is 0 Å². The van der Waals surface area contributed by atoms with E-state index in [1.54, 1.807) is 0 Å². The van der Waals surface area contributed by atoms with Crippen LogP contribution < -0.4 is 4.72 Å². The van der Waals surface area contributed by atoms with E-state index in [2.05, 4.69) is 4.72 Å².